The summed E-state index contributed by atoms with van der Waals surface area (Å²) in [5.41, 5.74) is 2.47. The van der Waals surface area contributed by atoms with Crippen LogP contribution in [0, 0.1) is 36.5 Å². The van der Waals surface area contributed by atoms with E-state index in [1.54, 1.807) is 12.1 Å². The van der Waals surface area contributed by atoms with Crippen LogP contribution in [-0.2, 0) is 0 Å². The van der Waals surface area contributed by atoms with Gasteiger partial charge in [-0.05, 0) is 49.2 Å². The fourth-order valence-electron chi connectivity index (χ4n) is 2.94. The molecule has 5 nitrogen and oxygen atoms in total. The lowest BCUT2D eigenvalue weighted by Gasteiger charge is -2.07. The first kappa shape index (κ1) is 21.0. The summed E-state index contributed by atoms with van der Waals surface area (Å²) in [6.07, 6.45) is 1.58. The van der Waals surface area contributed by atoms with Gasteiger partial charge in [-0.25, -0.2) is 0 Å². The minimum absolute atomic E-state index is 0.00582. The van der Waals surface area contributed by atoms with Gasteiger partial charge in [-0.2, -0.15) is 19.3 Å². The third kappa shape index (κ3) is 4.29. The number of nitriles is 2. The molecular weight excluding hydrogens is 408 g/mol. The average molecular weight is 423 g/mol. The Bertz CT molecular complexity index is 1340. The molecule has 3 rings (SSSR count). The maximum Gasteiger partial charge on any atom is 0.387 e. The molecule has 0 atom stereocenters. The van der Waals surface area contributed by atoms with Gasteiger partial charge in [-0.15, -0.1) is 11.3 Å². The molecule has 1 aromatic heterocycles. The van der Waals surface area contributed by atoms with E-state index in [4.69, 9.17) is 0 Å². The van der Waals surface area contributed by atoms with Crippen LogP contribution in [0.4, 0.5) is 8.78 Å². The van der Waals surface area contributed by atoms with Crippen molar-refractivity contribution in [3.63, 3.8) is 0 Å². The Kier molecular flexibility index (Phi) is 6.10. The third-order valence-corrected chi connectivity index (χ3v) is 5.35. The quantitative estimate of drug-likeness (QED) is 0.646. The van der Waals surface area contributed by atoms with Crippen LogP contribution in [0.15, 0.2) is 47.3 Å². The van der Waals surface area contributed by atoms with Gasteiger partial charge >= 0.3 is 6.61 Å². The molecule has 0 saturated carbocycles. The molecule has 0 aliphatic rings. The van der Waals surface area contributed by atoms with Crippen molar-refractivity contribution in [1.29, 1.82) is 10.5 Å². The number of thiazole rings is 1. The van der Waals surface area contributed by atoms with Crippen molar-refractivity contribution < 1.29 is 13.5 Å². The van der Waals surface area contributed by atoms with Gasteiger partial charge in [0.05, 0.1) is 10.2 Å². The summed E-state index contributed by atoms with van der Waals surface area (Å²) in [7, 11) is 0. The summed E-state index contributed by atoms with van der Waals surface area (Å²) in [6, 6.07) is 15.0. The van der Waals surface area contributed by atoms with E-state index in [1.807, 2.05) is 38.1 Å². The van der Waals surface area contributed by atoms with Crippen LogP contribution in [-0.4, -0.2) is 11.2 Å². The van der Waals surface area contributed by atoms with Gasteiger partial charge in [0.25, 0.3) is 5.56 Å². The van der Waals surface area contributed by atoms with Crippen LogP contribution in [0.5, 0.6) is 5.75 Å². The maximum atomic E-state index is 13.2. The van der Waals surface area contributed by atoms with E-state index in [1.165, 1.54) is 28.8 Å². The number of rotatable bonds is 4. The predicted molar refractivity (Wildman–Crippen MR) is 110 cm³/mol. The van der Waals surface area contributed by atoms with Crippen molar-refractivity contribution >= 4 is 23.0 Å². The highest BCUT2D eigenvalue weighted by atomic mass is 32.1. The van der Waals surface area contributed by atoms with Gasteiger partial charge in [0.2, 0.25) is 0 Å². The van der Waals surface area contributed by atoms with E-state index in [9.17, 15) is 24.1 Å². The zero-order valence-corrected chi connectivity index (χ0v) is 16.8. The highest BCUT2D eigenvalue weighted by Crippen LogP contribution is 2.16. The topological polar surface area (TPSA) is 78.8 Å². The van der Waals surface area contributed by atoms with Crippen LogP contribution in [0.2, 0.25) is 0 Å². The van der Waals surface area contributed by atoms with Crippen molar-refractivity contribution in [2.75, 3.05) is 0 Å². The van der Waals surface area contributed by atoms with Gasteiger partial charge in [-0.3, -0.25) is 9.36 Å². The molecule has 0 spiro atoms. The molecular formula is C22H15F2N3O2S. The number of aryl methyl sites for hydroxylation is 2. The van der Waals surface area contributed by atoms with Crippen LogP contribution in [0.25, 0.3) is 17.3 Å². The molecule has 150 valence electrons. The summed E-state index contributed by atoms with van der Waals surface area (Å²) in [6.45, 7) is 0.854. The number of aromatic nitrogens is 1. The van der Waals surface area contributed by atoms with Crippen molar-refractivity contribution in [2.45, 2.75) is 20.5 Å². The van der Waals surface area contributed by atoms with Gasteiger partial charge in [0.15, 0.2) is 5.57 Å². The lowest BCUT2D eigenvalue weighted by Crippen LogP contribution is -2.31. The first-order chi connectivity index (χ1) is 14.3. The predicted octanol–water partition coefficient (Wildman–Crippen LogP) is 3.14. The first-order valence-electron chi connectivity index (χ1n) is 8.74. The molecule has 0 fully saturated rings. The number of benzene rings is 2. The lowest BCUT2D eigenvalue weighted by atomic mass is 10.1. The smallest absolute Gasteiger partial charge is 0.387 e. The Labute approximate surface area is 174 Å². The second-order valence-corrected chi connectivity index (χ2v) is 7.42. The van der Waals surface area contributed by atoms with Gasteiger partial charge in [-0.1, -0.05) is 29.8 Å². The Morgan fingerprint density at radius 1 is 1.13 bits per heavy atom. The van der Waals surface area contributed by atoms with Crippen LogP contribution in [0.3, 0.4) is 0 Å². The average Bonchev–Trinajstić information content (AvgIpc) is 3.00. The van der Waals surface area contributed by atoms with E-state index in [2.05, 4.69) is 4.74 Å². The highest BCUT2D eigenvalue weighted by molar-refractivity contribution is 7.07. The van der Waals surface area contributed by atoms with Crippen LogP contribution < -0.4 is 19.5 Å². The lowest BCUT2D eigenvalue weighted by molar-refractivity contribution is -0.0498. The molecule has 1 heterocycles. The summed E-state index contributed by atoms with van der Waals surface area (Å²) in [4.78, 5) is 13.2. The Morgan fingerprint density at radius 2 is 1.80 bits per heavy atom. The number of ether oxygens (including phenoxy) is 1. The van der Waals surface area contributed by atoms with Crippen LogP contribution in [0.1, 0.15) is 16.7 Å². The highest BCUT2D eigenvalue weighted by Gasteiger charge is 2.13. The first-order valence-corrected chi connectivity index (χ1v) is 9.56. The Morgan fingerprint density at radius 3 is 2.37 bits per heavy atom. The molecule has 0 aliphatic heterocycles. The zero-order chi connectivity index (χ0) is 21.8. The molecule has 8 heteroatoms. The number of nitrogens with zero attached hydrogens (tertiary/aromatic N) is 3. The molecule has 0 bridgehead atoms. The van der Waals surface area contributed by atoms with E-state index >= 15 is 0 Å². The fraction of sp³-hybridized carbons (Fsp3) is 0.136. The second kappa shape index (κ2) is 8.73. The SMILES string of the molecule is Cc1ccc(-n2c(=C(C#N)C#N)sc(=Cc3ccc(OC(F)F)cc3)c2=O)c(C)c1. The van der Waals surface area contributed by atoms with Gasteiger partial charge in [0.1, 0.15) is 22.6 Å². The van der Waals surface area contributed by atoms with Crippen molar-refractivity contribution in [2.24, 2.45) is 0 Å². The maximum absolute atomic E-state index is 13.2. The molecule has 0 unspecified atom stereocenters. The molecule has 0 saturated heterocycles. The van der Waals surface area contributed by atoms with E-state index in [0.717, 1.165) is 22.5 Å². The van der Waals surface area contributed by atoms with E-state index in [-0.39, 0.29) is 21.5 Å². The fourth-order valence-corrected chi connectivity index (χ4v) is 3.99. The number of hydrogen-bond acceptors (Lipinski definition) is 5. The Hall–Kier alpha value is -3.75. The van der Waals surface area contributed by atoms with Gasteiger partial charge < -0.3 is 4.74 Å². The number of alkyl halides is 2. The number of hydrogen-bond donors (Lipinski definition) is 0. The minimum atomic E-state index is -2.92. The standard InChI is InChI=1S/C22H15F2N3O2S/c1-13-3-8-18(14(2)9-13)27-20(28)19(30-21(27)16(11-25)12-26)10-15-4-6-17(7-5-15)29-22(23)24/h3-10,22H,1-2H3. The Balaban J connectivity index is 2.25. The van der Waals surface area contributed by atoms with Crippen molar-refractivity contribution in [3.05, 3.63) is 78.7 Å². The third-order valence-electron chi connectivity index (χ3n) is 4.26. The van der Waals surface area contributed by atoms with Crippen molar-refractivity contribution in [3.8, 4) is 23.6 Å². The minimum Gasteiger partial charge on any atom is -0.435 e. The molecule has 0 radical (unpaired) electrons. The van der Waals surface area contributed by atoms with E-state index < -0.39 is 6.61 Å². The molecule has 2 aromatic carbocycles. The zero-order valence-electron chi connectivity index (χ0n) is 16.0. The molecule has 30 heavy (non-hydrogen) atoms. The van der Waals surface area contributed by atoms with Crippen LogP contribution >= 0.6 is 11.3 Å². The summed E-state index contributed by atoms with van der Waals surface area (Å²) in [5.74, 6) is 0.00582. The van der Waals surface area contributed by atoms with E-state index in [0.29, 0.717) is 15.8 Å². The molecule has 0 aliphatic carbocycles. The summed E-state index contributed by atoms with van der Waals surface area (Å²) < 4.78 is 30.8. The largest absolute Gasteiger partial charge is 0.435 e. The normalized spacial score (nSPS) is 11.2. The molecule has 0 N–H and O–H groups in total. The molecule has 0 amide bonds. The second-order valence-electron chi connectivity index (χ2n) is 6.39. The monoisotopic (exact) mass is 423 g/mol. The van der Waals surface area contributed by atoms with Gasteiger partial charge in [0, 0.05) is 0 Å². The molecule has 3 aromatic rings. The summed E-state index contributed by atoms with van der Waals surface area (Å²) in [5, 5.41) is 18.7. The summed E-state index contributed by atoms with van der Waals surface area (Å²) >= 11 is 1.02. The van der Waals surface area contributed by atoms with Crippen molar-refractivity contribution in [1.82, 2.24) is 4.57 Å². The number of halogens is 2.